The van der Waals surface area contributed by atoms with Gasteiger partial charge >= 0.3 is 11.9 Å². The maximum atomic E-state index is 11.1. The molecule has 0 fully saturated rings. The van der Waals surface area contributed by atoms with E-state index in [0.717, 1.165) is 22.4 Å². The number of carboxylic acids is 2. The second-order valence-electron chi connectivity index (χ2n) is 6.61. The molecule has 6 nitrogen and oxygen atoms in total. The number of benzene rings is 2. The maximum Gasteiger partial charge on any atom is 0.335 e. The SMILES string of the molecule is O=C(O)c1ccc(-c2cc(-c3ccccn3)cc(-c3ccc(C(=O)O)cc3)n2)cc1. The first-order valence-electron chi connectivity index (χ1n) is 9.12. The average molecular weight is 396 g/mol. The minimum Gasteiger partial charge on any atom is -0.478 e. The molecule has 0 atom stereocenters. The molecule has 0 amide bonds. The van der Waals surface area contributed by atoms with Crippen LogP contribution in [0.2, 0.25) is 0 Å². The number of hydrogen-bond acceptors (Lipinski definition) is 4. The number of carboxylic acid groups (broad SMARTS) is 2. The Morgan fingerprint density at radius 3 is 1.50 bits per heavy atom. The van der Waals surface area contributed by atoms with Crippen LogP contribution in [0.1, 0.15) is 20.7 Å². The Labute approximate surface area is 172 Å². The molecule has 0 saturated carbocycles. The molecular formula is C24H16N2O4. The summed E-state index contributed by atoms with van der Waals surface area (Å²) in [5, 5.41) is 18.3. The highest BCUT2D eigenvalue weighted by molar-refractivity contribution is 5.89. The van der Waals surface area contributed by atoms with E-state index in [2.05, 4.69) is 4.98 Å². The second kappa shape index (κ2) is 7.97. The predicted molar refractivity (Wildman–Crippen MR) is 112 cm³/mol. The van der Waals surface area contributed by atoms with Gasteiger partial charge in [-0.05, 0) is 48.5 Å². The van der Waals surface area contributed by atoms with Gasteiger partial charge in [0.2, 0.25) is 0 Å². The third kappa shape index (κ3) is 3.93. The van der Waals surface area contributed by atoms with Crippen LogP contribution in [0.25, 0.3) is 33.8 Å². The van der Waals surface area contributed by atoms with E-state index in [4.69, 9.17) is 15.2 Å². The molecule has 0 aliphatic heterocycles. The lowest BCUT2D eigenvalue weighted by Gasteiger charge is -2.10. The molecule has 0 unspecified atom stereocenters. The topological polar surface area (TPSA) is 100 Å². The molecule has 4 rings (SSSR count). The monoisotopic (exact) mass is 396 g/mol. The molecule has 0 spiro atoms. The normalized spacial score (nSPS) is 10.5. The van der Waals surface area contributed by atoms with Gasteiger partial charge in [-0.3, -0.25) is 4.98 Å². The lowest BCUT2D eigenvalue weighted by Crippen LogP contribution is -1.97. The Morgan fingerprint density at radius 1 is 0.600 bits per heavy atom. The van der Waals surface area contributed by atoms with Crippen LogP contribution in [0.3, 0.4) is 0 Å². The molecule has 2 aromatic carbocycles. The Hall–Kier alpha value is -4.32. The summed E-state index contributed by atoms with van der Waals surface area (Å²) in [5.74, 6) is -1.98. The molecule has 0 radical (unpaired) electrons. The van der Waals surface area contributed by atoms with Gasteiger partial charge in [0.25, 0.3) is 0 Å². The van der Waals surface area contributed by atoms with Crippen molar-refractivity contribution in [2.45, 2.75) is 0 Å². The molecule has 0 bridgehead atoms. The number of aromatic carboxylic acids is 2. The zero-order valence-electron chi connectivity index (χ0n) is 15.7. The van der Waals surface area contributed by atoms with Crippen LogP contribution in [-0.4, -0.2) is 32.1 Å². The molecule has 0 aliphatic rings. The molecule has 30 heavy (non-hydrogen) atoms. The first kappa shape index (κ1) is 19.0. The largest absolute Gasteiger partial charge is 0.478 e. The van der Waals surface area contributed by atoms with E-state index in [1.54, 1.807) is 30.5 Å². The number of nitrogens with zero attached hydrogens (tertiary/aromatic N) is 2. The van der Waals surface area contributed by atoms with Crippen LogP contribution >= 0.6 is 0 Å². The maximum absolute atomic E-state index is 11.1. The third-order valence-electron chi connectivity index (χ3n) is 4.64. The van der Waals surface area contributed by atoms with Gasteiger partial charge in [0, 0.05) is 22.9 Å². The van der Waals surface area contributed by atoms with E-state index in [-0.39, 0.29) is 11.1 Å². The molecule has 146 valence electrons. The highest BCUT2D eigenvalue weighted by Crippen LogP contribution is 2.29. The molecule has 2 aromatic heterocycles. The number of aromatic nitrogens is 2. The second-order valence-corrected chi connectivity index (χ2v) is 6.61. The summed E-state index contributed by atoms with van der Waals surface area (Å²) in [6, 6.07) is 22.4. The van der Waals surface area contributed by atoms with E-state index in [0.29, 0.717) is 11.4 Å². The fourth-order valence-electron chi connectivity index (χ4n) is 3.07. The molecule has 6 heteroatoms. The van der Waals surface area contributed by atoms with Crippen molar-refractivity contribution in [1.29, 1.82) is 0 Å². The van der Waals surface area contributed by atoms with Crippen molar-refractivity contribution in [1.82, 2.24) is 9.97 Å². The summed E-state index contributed by atoms with van der Waals surface area (Å²) in [4.78, 5) is 31.4. The molecule has 0 saturated heterocycles. The zero-order valence-corrected chi connectivity index (χ0v) is 15.7. The smallest absolute Gasteiger partial charge is 0.335 e. The van der Waals surface area contributed by atoms with Gasteiger partial charge in [0.15, 0.2) is 0 Å². The van der Waals surface area contributed by atoms with E-state index in [1.807, 2.05) is 30.3 Å². The van der Waals surface area contributed by atoms with Crippen LogP contribution in [0.4, 0.5) is 0 Å². The summed E-state index contributed by atoms with van der Waals surface area (Å²) in [5.41, 5.74) is 4.86. The Morgan fingerprint density at radius 2 is 1.10 bits per heavy atom. The number of hydrogen-bond donors (Lipinski definition) is 2. The van der Waals surface area contributed by atoms with Crippen molar-refractivity contribution in [2.24, 2.45) is 0 Å². The van der Waals surface area contributed by atoms with Gasteiger partial charge < -0.3 is 10.2 Å². The quantitative estimate of drug-likeness (QED) is 0.499. The molecule has 2 N–H and O–H groups in total. The van der Waals surface area contributed by atoms with Crippen LogP contribution in [0, 0.1) is 0 Å². The number of pyridine rings is 2. The summed E-state index contributed by atoms with van der Waals surface area (Å²) in [7, 11) is 0. The van der Waals surface area contributed by atoms with E-state index >= 15 is 0 Å². The summed E-state index contributed by atoms with van der Waals surface area (Å²) < 4.78 is 0. The minimum absolute atomic E-state index is 0.198. The van der Waals surface area contributed by atoms with Crippen LogP contribution in [-0.2, 0) is 0 Å². The van der Waals surface area contributed by atoms with Gasteiger partial charge in [0.05, 0.1) is 28.2 Å². The zero-order chi connectivity index (χ0) is 21.1. The Bertz CT molecular complexity index is 1140. The fourth-order valence-corrected chi connectivity index (χ4v) is 3.07. The van der Waals surface area contributed by atoms with Crippen molar-refractivity contribution < 1.29 is 19.8 Å². The molecular weight excluding hydrogens is 380 g/mol. The first-order chi connectivity index (χ1) is 14.5. The van der Waals surface area contributed by atoms with Crippen LogP contribution < -0.4 is 0 Å². The van der Waals surface area contributed by atoms with Gasteiger partial charge in [-0.25, -0.2) is 14.6 Å². The average Bonchev–Trinajstić information content (AvgIpc) is 2.79. The summed E-state index contributed by atoms with van der Waals surface area (Å²) in [6.45, 7) is 0. The highest BCUT2D eigenvalue weighted by atomic mass is 16.4. The standard InChI is InChI=1S/C24H16N2O4/c27-23(28)17-8-4-15(5-9-17)21-13-19(20-3-1-2-12-25-20)14-22(26-21)16-6-10-18(11-7-16)24(29)30/h1-14H,(H,27,28)(H,29,30). The number of rotatable bonds is 5. The van der Waals surface area contributed by atoms with E-state index in [9.17, 15) is 9.59 Å². The van der Waals surface area contributed by atoms with Crippen molar-refractivity contribution in [2.75, 3.05) is 0 Å². The Balaban J connectivity index is 1.84. The predicted octanol–water partition coefficient (Wildman–Crippen LogP) is 4.87. The van der Waals surface area contributed by atoms with Crippen molar-refractivity contribution in [3.8, 4) is 33.8 Å². The van der Waals surface area contributed by atoms with Crippen LogP contribution in [0.15, 0.2) is 85.1 Å². The molecule has 4 aromatic rings. The van der Waals surface area contributed by atoms with Gasteiger partial charge in [0.1, 0.15) is 0 Å². The summed E-state index contributed by atoms with van der Waals surface area (Å²) in [6.07, 6.45) is 1.71. The van der Waals surface area contributed by atoms with Crippen molar-refractivity contribution in [3.05, 3.63) is 96.2 Å². The molecule has 0 aliphatic carbocycles. The fraction of sp³-hybridized carbons (Fsp3) is 0. The Kier molecular flexibility index (Phi) is 5.05. The van der Waals surface area contributed by atoms with Crippen molar-refractivity contribution in [3.63, 3.8) is 0 Å². The van der Waals surface area contributed by atoms with Gasteiger partial charge in [-0.15, -0.1) is 0 Å². The number of carbonyl (C=O) groups is 2. The van der Waals surface area contributed by atoms with E-state index in [1.165, 1.54) is 24.3 Å². The minimum atomic E-state index is -0.990. The lowest BCUT2D eigenvalue weighted by molar-refractivity contribution is 0.0686. The third-order valence-corrected chi connectivity index (χ3v) is 4.64. The molecule has 2 heterocycles. The lowest BCUT2D eigenvalue weighted by atomic mass is 10.0. The summed E-state index contributed by atoms with van der Waals surface area (Å²) >= 11 is 0. The van der Waals surface area contributed by atoms with Gasteiger partial charge in [-0.1, -0.05) is 30.3 Å². The van der Waals surface area contributed by atoms with E-state index < -0.39 is 11.9 Å². The van der Waals surface area contributed by atoms with Gasteiger partial charge in [-0.2, -0.15) is 0 Å². The first-order valence-corrected chi connectivity index (χ1v) is 9.12. The van der Waals surface area contributed by atoms with Crippen LogP contribution in [0.5, 0.6) is 0 Å². The highest BCUT2D eigenvalue weighted by Gasteiger charge is 2.11. The van der Waals surface area contributed by atoms with Crippen molar-refractivity contribution >= 4 is 11.9 Å².